The van der Waals surface area contributed by atoms with Gasteiger partial charge >= 0.3 is 0 Å². The number of hydrogen-bond acceptors (Lipinski definition) is 3. The van der Waals surface area contributed by atoms with E-state index in [4.69, 9.17) is 0 Å². The summed E-state index contributed by atoms with van der Waals surface area (Å²) in [5.74, 6) is 0.882. The second kappa shape index (κ2) is 11.4. The van der Waals surface area contributed by atoms with Gasteiger partial charge in [-0.3, -0.25) is 4.99 Å². The van der Waals surface area contributed by atoms with E-state index in [0.717, 1.165) is 38.7 Å². The molecule has 0 saturated heterocycles. The summed E-state index contributed by atoms with van der Waals surface area (Å²) >= 11 is 1.88. The SMILES string of the molecule is CCN(CC)CCNC(=NC)NCC(C)Sc1ccccc1. The fourth-order valence-corrected chi connectivity index (χ4v) is 3.05. The van der Waals surface area contributed by atoms with E-state index in [-0.39, 0.29) is 0 Å². The Morgan fingerprint density at radius 3 is 2.45 bits per heavy atom. The molecule has 1 atom stereocenters. The first-order valence-corrected chi connectivity index (χ1v) is 8.96. The third-order valence-electron chi connectivity index (χ3n) is 3.48. The van der Waals surface area contributed by atoms with Crippen molar-refractivity contribution in [2.45, 2.75) is 30.9 Å². The number of nitrogens with one attached hydrogen (secondary N) is 2. The monoisotopic (exact) mass is 322 g/mol. The zero-order valence-corrected chi connectivity index (χ0v) is 15.1. The normalized spacial score (nSPS) is 13.2. The van der Waals surface area contributed by atoms with Gasteiger partial charge in [0, 0.05) is 36.8 Å². The lowest BCUT2D eigenvalue weighted by atomic mass is 10.4. The van der Waals surface area contributed by atoms with Crippen LogP contribution in [0.4, 0.5) is 0 Å². The van der Waals surface area contributed by atoms with Crippen LogP contribution in [0.25, 0.3) is 0 Å². The highest BCUT2D eigenvalue weighted by atomic mass is 32.2. The molecule has 0 fully saturated rings. The van der Waals surface area contributed by atoms with Crippen molar-refractivity contribution < 1.29 is 0 Å². The summed E-state index contributed by atoms with van der Waals surface area (Å²) in [5, 5.41) is 7.26. The number of likely N-dealkylation sites (N-methyl/N-ethyl adjacent to an activating group) is 1. The van der Waals surface area contributed by atoms with Gasteiger partial charge in [-0.05, 0) is 25.2 Å². The Bertz CT molecular complexity index is 418. The molecule has 4 nitrogen and oxygen atoms in total. The van der Waals surface area contributed by atoms with Gasteiger partial charge in [-0.2, -0.15) is 0 Å². The fourth-order valence-electron chi connectivity index (χ4n) is 2.11. The molecule has 0 aliphatic rings. The van der Waals surface area contributed by atoms with E-state index >= 15 is 0 Å². The summed E-state index contributed by atoms with van der Waals surface area (Å²) in [6.07, 6.45) is 0. The minimum atomic E-state index is 0.490. The van der Waals surface area contributed by atoms with Gasteiger partial charge in [0.05, 0.1) is 0 Å². The number of guanidine groups is 1. The molecule has 1 aromatic carbocycles. The Labute approximate surface area is 139 Å². The van der Waals surface area contributed by atoms with Gasteiger partial charge in [-0.1, -0.05) is 39.0 Å². The van der Waals surface area contributed by atoms with Crippen LogP contribution >= 0.6 is 11.8 Å². The average Bonchev–Trinajstić information content (AvgIpc) is 2.55. The Balaban J connectivity index is 2.25. The quantitative estimate of drug-likeness (QED) is 0.417. The van der Waals surface area contributed by atoms with E-state index in [0.29, 0.717) is 5.25 Å². The van der Waals surface area contributed by atoms with Crippen LogP contribution in [-0.2, 0) is 0 Å². The van der Waals surface area contributed by atoms with Gasteiger partial charge in [-0.25, -0.2) is 0 Å². The van der Waals surface area contributed by atoms with E-state index < -0.39 is 0 Å². The maximum atomic E-state index is 4.28. The van der Waals surface area contributed by atoms with Crippen LogP contribution in [0.5, 0.6) is 0 Å². The molecule has 5 heteroatoms. The maximum Gasteiger partial charge on any atom is 0.191 e. The second-order valence-electron chi connectivity index (χ2n) is 5.15. The van der Waals surface area contributed by atoms with E-state index in [1.807, 2.05) is 18.8 Å². The summed E-state index contributed by atoms with van der Waals surface area (Å²) in [7, 11) is 1.82. The predicted molar refractivity (Wildman–Crippen MR) is 98.9 cm³/mol. The molecule has 0 heterocycles. The van der Waals surface area contributed by atoms with Crippen molar-refractivity contribution in [1.29, 1.82) is 0 Å². The van der Waals surface area contributed by atoms with Crippen molar-refractivity contribution in [2.75, 3.05) is 39.8 Å². The molecule has 0 spiro atoms. The minimum Gasteiger partial charge on any atom is -0.355 e. The zero-order valence-electron chi connectivity index (χ0n) is 14.3. The number of thioether (sulfide) groups is 1. The van der Waals surface area contributed by atoms with E-state index in [9.17, 15) is 0 Å². The Morgan fingerprint density at radius 2 is 1.86 bits per heavy atom. The number of rotatable bonds is 9. The van der Waals surface area contributed by atoms with Crippen LogP contribution in [0.3, 0.4) is 0 Å². The number of aliphatic imine (C=N–C) groups is 1. The number of benzene rings is 1. The van der Waals surface area contributed by atoms with Crippen LogP contribution in [0.2, 0.25) is 0 Å². The molecule has 1 aromatic rings. The molecular weight excluding hydrogens is 292 g/mol. The molecular formula is C17H30N4S. The Morgan fingerprint density at radius 1 is 1.18 bits per heavy atom. The molecule has 1 unspecified atom stereocenters. The van der Waals surface area contributed by atoms with Crippen LogP contribution in [0, 0.1) is 0 Å². The van der Waals surface area contributed by atoms with Crippen molar-refractivity contribution in [2.24, 2.45) is 4.99 Å². The molecule has 2 N–H and O–H groups in total. The van der Waals surface area contributed by atoms with E-state index in [2.05, 4.69) is 71.6 Å². The summed E-state index contributed by atoms with van der Waals surface area (Å²) in [6, 6.07) is 10.5. The van der Waals surface area contributed by atoms with Crippen LogP contribution < -0.4 is 10.6 Å². The minimum absolute atomic E-state index is 0.490. The summed E-state index contributed by atoms with van der Waals surface area (Å²) in [4.78, 5) is 7.99. The second-order valence-corrected chi connectivity index (χ2v) is 6.66. The molecule has 0 amide bonds. The van der Waals surface area contributed by atoms with Crippen molar-refractivity contribution in [1.82, 2.24) is 15.5 Å². The highest BCUT2D eigenvalue weighted by molar-refractivity contribution is 8.00. The van der Waals surface area contributed by atoms with Crippen LogP contribution in [0.15, 0.2) is 40.2 Å². The average molecular weight is 323 g/mol. The highest BCUT2D eigenvalue weighted by Crippen LogP contribution is 2.21. The molecule has 0 bridgehead atoms. The van der Waals surface area contributed by atoms with Gasteiger partial charge in [0.1, 0.15) is 0 Å². The lowest BCUT2D eigenvalue weighted by molar-refractivity contribution is 0.308. The Hall–Kier alpha value is -1.20. The smallest absolute Gasteiger partial charge is 0.191 e. The van der Waals surface area contributed by atoms with Crippen molar-refractivity contribution >= 4 is 17.7 Å². The first kappa shape index (κ1) is 18.8. The third-order valence-corrected chi connectivity index (χ3v) is 4.59. The number of nitrogens with zero attached hydrogens (tertiary/aromatic N) is 2. The molecule has 0 saturated carbocycles. The van der Waals surface area contributed by atoms with Crippen molar-refractivity contribution in [3.63, 3.8) is 0 Å². The molecule has 124 valence electrons. The topological polar surface area (TPSA) is 39.7 Å². The van der Waals surface area contributed by atoms with Gasteiger partial charge in [0.25, 0.3) is 0 Å². The summed E-state index contributed by atoms with van der Waals surface area (Å²) < 4.78 is 0. The van der Waals surface area contributed by atoms with Crippen molar-refractivity contribution in [3.05, 3.63) is 30.3 Å². The van der Waals surface area contributed by atoms with Crippen LogP contribution in [0.1, 0.15) is 20.8 Å². The zero-order chi connectivity index (χ0) is 16.2. The standard InChI is InChI=1S/C17H30N4S/c1-5-21(6-2)13-12-19-17(18-4)20-14-15(3)22-16-10-8-7-9-11-16/h7-11,15H,5-6,12-14H2,1-4H3,(H2,18,19,20). The fraction of sp³-hybridized carbons (Fsp3) is 0.588. The van der Waals surface area contributed by atoms with Gasteiger partial charge in [-0.15, -0.1) is 11.8 Å². The molecule has 22 heavy (non-hydrogen) atoms. The van der Waals surface area contributed by atoms with E-state index in [1.54, 1.807) is 0 Å². The third kappa shape index (κ3) is 7.71. The van der Waals surface area contributed by atoms with Gasteiger partial charge in [0.2, 0.25) is 0 Å². The Kier molecular flexibility index (Phi) is 9.75. The molecule has 0 radical (unpaired) electrons. The largest absolute Gasteiger partial charge is 0.355 e. The summed E-state index contributed by atoms with van der Waals surface area (Å²) in [5.41, 5.74) is 0. The molecule has 0 aliphatic carbocycles. The first-order valence-electron chi connectivity index (χ1n) is 8.08. The van der Waals surface area contributed by atoms with Gasteiger partial charge in [0.15, 0.2) is 5.96 Å². The van der Waals surface area contributed by atoms with Crippen molar-refractivity contribution in [3.8, 4) is 0 Å². The van der Waals surface area contributed by atoms with Gasteiger partial charge < -0.3 is 15.5 Å². The lowest BCUT2D eigenvalue weighted by Gasteiger charge is -2.20. The highest BCUT2D eigenvalue weighted by Gasteiger charge is 2.06. The lowest BCUT2D eigenvalue weighted by Crippen LogP contribution is -2.43. The number of hydrogen-bond donors (Lipinski definition) is 2. The predicted octanol–water partition coefficient (Wildman–Crippen LogP) is 2.67. The van der Waals surface area contributed by atoms with Crippen LogP contribution in [-0.4, -0.2) is 55.9 Å². The molecule has 0 aliphatic heterocycles. The summed E-state index contributed by atoms with van der Waals surface area (Å²) in [6.45, 7) is 11.7. The van der Waals surface area contributed by atoms with E-state index in [1.165, 1.54) is 4.90 Å². The molecule has 0 aromatic heterocycles. The maximum absolute atomic E-state index is 4.28. The molecule has 1 rings (SSSR count). The first-order chi connectivity index (χ1) is 10.7.